The highest BCUT2D eigenvalue weighted by molar-refractivity contribution is 5.79. The molecule has 4 nitrogen and oxygen atoms in total. The molecule has 0 radical (unpaired) electrons. The van der Waals surface area contributed by atoms with Gasteiger partial charge in [0, 0.05) is 25.0 Å². The molecule has 19 heavy (non-hydrogen) atoms. The number of hydrogen-bond donors (Lipinski definition) is 2. The largest absolute Gasteiger partial charge is 0.378 e. The van der Waals surface area contributed by atoms with E-state index in [0.717, 1.165) is 38.8 Å². The van der Waals surface area contributed by atoms with E-state index in [1.807, 2.05) is 0 Å². The number of hydrogen-bond acceptors (Lipinski definition) is 3. The number of ether oxygens (including phenoxy) is 1. The van der Waals surface area contributed by atoms with Gasteiger partial charge < -0.3 is 15.8 Å². The van der Waals surface area contributed by atoms with Crippen molar-refractivity contribution in [2.45, 2.75) is 51.6 Å². The molecule has 2 rings (SSSR count). The molecule has 3 N–H and O–H groups in total. The summed E-state index contributed by atoms with van der Waals surface area (Å²) >= 11 is 0. The van der Waals surface area contributed by atoms with E-state index in [0.29, 0.717) is 24.5 Å². The second kappa shape index (κ2) is 7.25. The van der Waals surface area contributed by atoms with Crippen molar-refractivity contribution in [3.05, 3.63) is 0 Å². The van der Waals surface area contributed by atoms with E-state index in [1.165, 1.54) is 12.8 Å². The van der Waals surface area contributed by atoms with Crippen molar-refractivity contribution in [1.29, 1.82) is 0 Å². The molecule has 4 heteroatoms. The van der Waals surface area contributed by atoms with Gasteiger partial charge in [0.05, 0.1) is 6.10 Å². The van der Waals surface area contributed by atoms with E-state index in [2.05, 4.69) is 12.2 Å². The van der Waals surface area contributed by atoms with Gasteiger partial charge in [0.1, 0.15) is 0 Å². The predicted octanol–water partition coefficient (Wildman–Crippen LogP) is 1.68. The number of amides is 1. The summed E-state index contributed by atoms with van der Waals surface area (Å²) in [6, 6.07) is 0. The second-order valence-corrected chi connectivity index (χ2v) is 6.00. The molecule has 1 saturated carbocycles. The van der Waals surface area contributed by atoms with Crippen LogP contribution in [0.25, 0.3) is 0 Å². The molecule has 110 valence electrons. The Labute approximate surface area is 116 Å². The van der Waals surface area contributed by atoms with E-state index in [-0.39, 0.29) is 11.8 Å². The van der Waals surface area contributed by atoms with Crippen LogP contribution in [0.5, 0.6) is 0 Å². The van der Waals surface area contributed by atoms with Crippen LogP contribution in [0.3, 0.4) is 0 Å². The lowest BCUT2D eigenvalue weighted by Gasteiger charge is -2.30. The number of carbonyl (C=O) groups excluding carboxylic acids is 1. The third kappa shape index (κ3) is 3.69. The fraction of sp³-hybridized carbons (Fsp3) is 0.933. The second-order valence-electron chi connectivity index (χ2n) is 6.00. The van der Waals surface area contributed by atoms with Gasteiger partial charge in [0.25, 0.3) is 0 Å². The Balaban J connectivity index is 1.79. The maximum absolute atomic E-state index is 12.3. The first-order valence-electron chi connectivity index (χ1n) is 7.85. The lowest BCUT2D eigenvalue weighted by atomic mass is 9.78. The Hall–Kier alpha value is -0.610. The smallest absolute Gasteiger partial charge is 0.223 e. The Kier molecular flexibility index (Phi) is 5.64. The Morgan fingerprint density at radius 2 is 2.05 bits per heavy atom. The summed E-state index contributed by atoms with van der Waals surface area (Å²) in [5.74, 6) is 1.24. The van der Waals surface area contributed by atoms with Gasteiger partial charge in [-0.1, -0.05) is 19.8 Å². The minimum atomic E-state index is 0.140. The van der Waals surface area contributed by atoms with Gasteiger partial charge in [0.15, 0.2) is 0 Å². The topological polar surface area (TPSA) is 64.3 Å². The van der Waals surface area contributed by atoms with Gasteiger partial charge in [0.2, 0.25) is 5.91 Å². The average Bonchev–Trinajstić information content (AvgIpc) is 2.92. The first kappa shape index (κ1) is 14.8. The summed E-state index contributed by atoms with van der Waals surface area (Å²) in [5, 5.41) is 3.15. The molecule has 4 atom stereocenters. The van der Waals surface area contributed by atoms with E-state index >= 15 is 0 Å². The molecule has 1 amide bonds. The zero-order valence-electron chi connectivity index (χ0n) is 12.1. The van der Waals surface area contributed by atoms with Crippen LogP contribution in [0.1, 0.15) is 45.4 Å². The van der Waals surface area contributed by atoms with Crippen LogP contribution in [0, 0.1) is 17.8 Å². The molecule has 0 aromatic rings. The molecule has 1 saturated heterocycles. The molecule has 0 aromatic heterocycles. The molecule has 2 aliphatic rings. The van der Waals surface area contributed by atoms with Crippen molar-refractivity contribution >= 4 is 5.91 Å². The first-order valence-corrected chi connectivity index (χ1v) is 7.85. The number of nitrogens with one attached hydrogen (secondary N) is 1. The highest BCUT2D eigenvalue weighted by Crippen LogP contribution is 2.29. The van der Waals surface area contributed by atoms with E-state index in [4.69, 9.17) is 10.5 Å². The zero-order valence-corrected chi connectivity index (χ0v) is 12.1. The van der Waals surface area contributed by atoms with E-state index in [1.54, 1.807) is 0 Å². The molecular weight excluding hydrogens is 240 g/mol. The van der Waals surface area contributed by atoms with Gasteiger partial charge in [-0.25, -0.2) is 0 Å². The lowest BCUT2D eigenvalue weighted by molar-refractivity contribution is -0.127. The fourth-order valence-corrected chi connectivity index (χ4v) is 3.58. The lowest BCUT2D eigenvalue weighted by Crippen LogP contribution is -2.42. The first-order chi connectivity index (χ1) is 9.26. The molecule has 2 fully saturated rings. The maximum Gasteiger partial charge on any atom is 0.223 e. The van der Waals surface area contributed by atoms with Crippen molar-refractivity contribution in [1.82, 2.24) is 5.32 Å². The molecular formula is C15H28N2O2. The quantitative estimate of drug-likeness (QED) is 0.797. The summed E-state index contributed by atoms with van der Waals surface area (Å²) in [5.41, 5.74) is 5.79. The number of rotatable bonds is 5. The van der Waals surface area contributed by atoms with Crippen LogP contribution >= 0.6 is 0 Å². The monoisotopic (exact) mass is 268 g/mol. The third-order valence-electron chi connectivity index (χ3n) is 4.84. The average molecular weight is 268 g/mol. The Bertz CT molecular complexity index is 296. The normalized spacial score (nSPS) is 35.3. The molecule has 4 unspecified atom stereocenters. The molecule has 0 bridgehead atoms. The van der Waals surface area contributed by atoms with Crippen molar-refractivity contribution in [2.24, 2.45) is 23.5 Å². The highest BCUT2D eigenvalue weighted by atomic mass is 16.5. The maximum atomic E-state index is 12.3. The van der Waals surface area contributed by atoms with Crippen molar-refractivity contribution in [3.63, 3.8) is 0 Å². The van der Waals surface area contributed by atoms with Crippen LogP contribution in [-0.4, -0.2) is 31.7 Å². The van der Waals surface area contributed by atoms with Crippen molar-refractivity contribution in [2.75, 3.05) is 19.7 Å². The van der Waals surface area contributed by atoms with Crippen LogP contribution in [0.4, 0.5) is 0 Å². The predicted molar refractivity (Wildman–Crippen MR) is 75.7 cm³/mol. The Morgan fingerprint density at radius 1 is 1.26 bits per heavy atom. The van der Waals surface area contributed by atoms with Crippen molar-refractivity contribution < 1.29 is 9.53 Å². The van der Waals surface area contributed by atoms with Gasteiger partial charge in [-0.05, 0) is 38.1 Å². The van der Waals surface area contributed by atoms with Crippen LogP contribution in [-0.2, 0) is 9.53 Å². The molecule has 0 aromatic carbocycles. The summed E-state index contributed by atoms with van der Waals surface area (Å²) in [4.78, 5) is 12.3. The fourth-order valence-electron chi connectivity index (χ4n) is 3.58. The molecule has 0 spiro atoms. The van der Waals surface area contributed by atoms with Gasteiger partial charge in [-0.2, -0.15) is 0 Å². The zero-order chi connectivity index (χ0) is 13.7. The van der Waals surface area contributed by atoms with Gasteiger partial charge in [-0.3, -0.25) is 4.79 Å². The minimum Gasteiger partial charge on any atom is -0.378 e. The van der Waals surface area contributed by atoms with Gasteiger partial charge in [-0.15, -0.1) is 0 Å². The SMILES string of the molecule is CCC1OCCC1CNC(=O)C1CCCCC1CN. The van der Waals surface area contributed by atoms with E-state index < -0.39 is 0 Å². The van der Waals surface area contributed by atoms with Crippen molar-refractivity contribution in [3.8, 4) is 0 Å². The molecule has 1 aliphatic carbocycles. The summed E-state index contributed by atoms with van der Waals surface area (Å²) in [7, 11) is 0. The van der Waals surface area contributed by atoms with Crippen LogP contribution in [0.15, 0.2) is 0 Å². The van der Waals surface area contributed by atoms with E-state index in [9.17, 15) is 4.79 Å². The number of nitrogens with two attached hydrogens (primary N) is 1. The minimum absolute atomic E-state index is 0.140. The summed E-state index contributed by atoms with van der Waals surface area (Å²) in [6.45, 7) is 4.40. The third-order valence-corrected chi connectivity index (χ3v) is 4.84. The molecule has 1 aliphatic heterocycles. The number of carbonyl (C=O) groups is 1. The standard InChI is InChI=1S/C15H28N2O2/c1-2-14-12(7-8-19-14)10-17-15(18)13-6-4-3-5-11(13)9-16/h11-14H,2-10,16H2,1H3,(H,17,18). The van der Waals surface area contributed by atoms with Crippen LogP contribution in [0.2, 0.25) is 0 Å². The Morgan fingerprint density at radius 3 is 2.79 bits per heavy atom. The highest BCUT2D eigenvalue weighted by Gasteiger charge is 2.31. The van der Waals surface area contributed by atoms with Gasteiger partial charge >= 0.3 is 0 Å². The van der Waals surface area contributed by atoms with Crippen LogP contribution < -0.4 is 11.1 Å². The summed E-state index contributed by atoms with van der Waals surface area (Å²) < 4.78 is 5.66. The summed E-state index contributed by atoms with van der Waals surface area (Å²) in [6.07, 6.45) is 6.94. The molecule has 1 heterocycles.